The number of hydrogen-bond donors (Lipinski definition) is 1. The Labute approximate surface area is 187 Å². The Morgan fingerprint density at radius 2 is 1.97 bits per heavy atom. The average molecular weight is 491 g/mol. The Kier molecular flexibility index (Phi) is 6.26. The predicted octanol–water partition coefficient (Wildman–Crippen LogP) is 5.10. The lowest BCUT2D eigenvalue weighted by Crippen LogP contribution is -2.46. The van der Waals surface area contributed by atoms with Gasteiger partial charge in [0, 0.05) is 11.0 Å². The molecule has 2 aromatic carbocycles. The molecular formula is C22H23BrN2O4S. The van der Waals surface area contributed by atoms with Gasteiger partial charge in [-0.2, -0.15) is 0 Å². The van der Waals surface area contributed by atoms with Gasteiger partial charge in [0.1, 0.15) is 11.0 Å². The van der Waals surface area contributed by atoms with Gasteiger partial charge < -0.3 is 14.6 Å². The summed E-state index contributed by atoms with van der Waals surface area (Å²) in [5, 5.41) is 10.8. The van der Waals surface area contributed by atoms with E-state index in [1.807, 2.05) is 36.4 Å². The minimum atomic E-state index is -0.794. The SMILES string of the molecule is COc1cc(Br)c(C(c2nc3ccccc3s2)N2CCCCC2C(=O)O)cc1OC. The number of nitrogens with zero attached hydrogens (tertiary/aromatic N) is 2. The first-order chi connectivity index (χ1) is 14.5. The summed E-state index contributed by atoms with van der Waals surface area (Å²) in [5.41, 5.74) is 1.84. The molecule has 8 heteroatoms. The number of hydrogen-bond acceptors (Lipinski definition) is 6. The van der Waals surface area contributed by atoms with Crippen LogP contribution in [0.2, 0.25) is 0 Å². The molecule has 2 atom stereocenters. The molecule has 2 heterocycles. The average Bonchev–Trinajstić information content (AvgIpc) is 3.18. The fourth-order valence-electron chi connectivity index (χ4n) is 4.07. The highest BCUT2D eigenvalue weighted by Gasteiger charge is 2.37. The van der Waals surface area contributed by atoms with Gasteiger partial charge in [-0.25, -0.2) is 4.98 Å². The van der Waals surface area contributed by atoms with Crippen molar-refractivity contribution < 1.29 is 19.4 Å². The van der Waals surface area contributed by atoms with Crippen molar-refractivity contribution in [3.63, 3.8) is 0 Å². The van der Waals surface area contributed by atoms with E-state index in [0.29, 0.717) is 24.5 Å². The number of carbonyl (C=O) groups is 1. The molecular weight excluding hydrogens is 468 g/mol. The second-order valence-corrected chi connectivity index (χ2v) is 9.16. The number of carboxylic acids is 1. The van der Waals surface area contributed by atoms with Crippen LogP contribution in [0.25, 0.3) is 10.2 Å². The zero-order chi connectivity index (χ0) is 21.3. The summed E-state index contributed by atoms with van der Waals surface area (Å²) in [6.07, 6.45) is 2.49. The Hall–Kier alpha value is -2.16. The standard InChI is InChI=1S/C22H23BrN2O4S/c1-28-17-11-13(14(23)12-18(17)29-2)20(25-10-6-5-8-16(25)22(26)27)21-24-15-7-3-4-9-19(15)30-21/h3-4,7,9,11-12,16,20H,5-6,8,10H2,1-2H3,(H,26,27). The third kappa shape index (κ3) is 3.91. The number of benzene rings is 2. The van der Waals surface area contributed by atoms with Crippen LogP contribution in [-0.2, 0) is 4.79 Å². The Morgan fingerprint density at radius 3 is 2.67 bits per heavy atom. The van der Waals surface area contributed by atoms with Gasteiger partial charge in [0.25, 0.3) is 0 Å². The predicted molar refractivity (Wildman–Crippen MR) is 121 cm³/mol. The van der Waals surface area contributed by atoms with Crippen LogP contribution in [0.1, 0.15) is 35.9 Å². The first kappa shape index (κ1) is 21.1. The molecule has 0 radical (unpaired) electrons. The summed E-state index contributed by atoms with van der Waals surface area (Å²) in [5.74, 6) is 0.424. The van der Waals surface area contributed by atoms with Crippen molar-refractivity contribution in [1.82, 2.24) is 9.88 Å². The molecule has 6 nitrogen and oxygen atoms in total. The van der Waals surface area contributed by atoms with Crippen molar-refractivity contribution in [2.75, 3.05) is 20.8 Å². The molecule has 0 saturated carbocycles. The van der Waals surface area contributed by atoms with Crippen molar-refractivity contribution in [1.29, 1.82) is 0 Å². The number of aromatic nitrogens is 1. The van der Waals surface area contributed by atoms with Crippen LogP contribution in [0, 0.1) is 0 Å². The molecule has 1 aliphatic heterocycles. The molecule has 0 amide bonds. The molecule has 1 N–H and O–H groups in total. The lowest BCUT2D eigenvalue weighted by molar-refractivity contribution is -0.145. The van der Waals surface area contributed by atoms with Gasteiger partial charge in [-0.1, -0.05) is 34.5 Å². The fraction of sp³-hybridized carbons (Fsp3) is 0.364. The van der Waals surface area contributed by atoms with Crippen molar-refractivity contribution in [2.24, 2.45) is 0 Å². The number of rotatable bonds is 6. The second kappa shape index (κ2) is 8.91. The normalized spacial score (nSPS) is 18.3. The van der Waals surface area contributed by atoms with E-state index in [9.17, 15) is 9.90 Å². The largest absolute Gasteiger partial charge is 0.493 e. The highest BCUT2D eigenvalue weighted by molar-refractivity contribution is 9.10. The summed E-state index contributed by atoms with van der Waals surface area (Å²) < 4.78 is 12.9. The van der Waals surface area contributed by atoms with Crippen LogP contribution in [0.4, 0.5) is 0 Å². The van der Waals surface area contributed by atoms with Gasteiger partial charge in [0.15, 0.2) is 11.5 Å². The molecule has 3 aromatic rings. The van der Waals surface area contributed by atoms with Crippen LogP contribution < -0.4 is 9.47 Å². The summed E-state index contributed by atoms with van der Waals surface area (Å²) in [4.78, 5) is 19.1. The lowest BCUT2D eigenvalue weighted by atomic mass is 9.96. The Balaban J connectivity index is 1.90. The molecule has 1 fully saturated rings. The van der Waals surface area contributed by atoms with Crippen LogP contribution in [0.15, 0.2) is 40.9 Å². The number of likely N-dealkylation sites (tertiary alicyclic amines) is 1. The number of fused-ring (bicyclic) bond motifs is 1. The van der Waals surface area contributed by atoms with E-state index in [0.717, 1.165) is 38.1 Å². The molecule has 1 aliphatic rings. The number of thiazole rings is 1. The smallest absolute Gasteiger partial charge is 0.320 e. The highest BCUT2D eigenvalue weighted by Crippen LogP contribution is 2.44. The van der Waals surface area contributed by atoms with Crippen LogP contribution in [0.5, 0.6) is 11.5 Å². The van der Waals surface area contributed by atoms with Crippen molar-refractivity contribution in [2.45, 2.75) is 31.3 Å². The van der Waals surface area contributed by atoms with E-state index in [4.69, 9.17) is 14.5 Å². The topological polar surface area (TPSA) is 71.9 Å². The number of para-hydroxylation sites is 1. The summed E-state index contributed by atoms with van der Waals surface area (Å²) in [6.45, 7) is 0.693. The van der Waals surface area contributed by atoms with E-state index in [1.54, 1.807) is 25.6 Å². The van der Waals surface area contributed by atoms with Crippen molar-refractivity contribution in [3.8, 4) is 11.5 Å². The summed E-state index contributed by atoms with van der Waals surface area (Å²) >= 11 is 5.28. The van der Waals surface area contributed by atoms with Crippen LogP contribution >= 0.6 is 27.3 Å². The molecule has 1 saturated heterocycles. The number of carboxylic acid groups (broad SMARTS) is 1. The molecule has 0 aliphatic carbocycles. The first-order valence-corrected chi connectivity index (χ1v) is 11.4. The second-order valence-electron chi connectivity index (χ2n) is 7.24. The molecule has 0 bridgehead atoms. The monoisotopic (exact) mass is 490 g/mol. The zero-order valence-electron chi connectivity index (χ0n) is 16.8. The molecule has 1 aromatic heterocycles. The maximum atomic E-state index is 12.1. The van der Waals surface area contributed by atoms with Gasteiger partial charge >= 0.3 is 5.97 Å². The molecule has 4 rings (SSSR count). The number of piperidine rings is 1. The molecule has 158 valence electrons. The highest BCUT2D eigenvalue weighted by atomic mass is 79.9. The fourth-order valence-corrected chi connectivity index (χ4v) is 5.72. The summed E-state index contributed by atoms with van der Waals surface area (Å²) in [7, 11) is 3.20. The Bertz CT molecular complexity index is 1040. The summed E-state index contributed by atoms with van der Waals surface area (Å²) in [6, 6.07) is 10.9. The molecule has 2 unspecified atom stereocenters. The van der Waals surface area contributed by atoms with Gasteiger partial charge in [0.2, 0.25) is 0 Å². The maximum Gasteiger partial charge on any atom is 0.320 e. The van der Waals surface area contributed by atoms with Crippen LogP contribution in [-0.4, -0.2) is 47.8 Å². The van der Waals surface area contributed by atoms with E-state index >= 15 is 0 Å². The first-order valence-electron chi connectivity index (χ1n) is 9.79. The van der Waals surface area contributed by atoms with E-state index in [1.165, 1.54) is 0 Å². The maximum absolute atomic E-state index is 12.1. The molecule has 30 heavy (non-hydrogen) atoms. The minimum Gasteiger partial charge on any atom is -0.493 e. The van der Waals surface area contributed by atoms with Crippen molar-refractivity contribution >= 4 is 43.5 Å². The zero-order valence-corrected chi connectivity index (χ0v) is 19.2. The number of halogens is 1. The third-order valence-corrected chi connectivity index (χ3v) is 7.28. The van der Waals surface area contributed by atoms with Crippen molar-refractivity contribution in [3.05, 3.63) is 51.4 Å². The van der Waals surface area contributed by atoms with Gasteiger partial charge in [0.05, 0.1) is 30.5 Å². The van der Waals surface area contributed by atoms with E-state index in [-0.39, 0.29) is 6.04 Å². The lowest BCUT2D eigenvalue weighted by Gasteiger charge is -2.38. The Morgan fingerprint density at radius 1 is 1.23 bits per heavy atom. The number of ether oxygens (including phenoxy) is 2. The quantitative estimate of drug-likeness (QED) is 0.517. The van der Waals surface area contributed by atoms with E-state index in [2.05, 4.69) is 20.8 Å². The van der Waals surface area contributed by atoms with E-state index < -0.39 is 12.0 Å². The van der Waals surface area contributed by atoms with Gasteiger partial charge in [-0.05, 0) is 42.7 Å². The van der Waals surface area contributed by atoms with Gasteiger partial charge in [-0.3, -0.25) is 9.69 Å². The van der Waals surface area contributed by atoms with Crippen LogP contribution in [0.3, 0.4) is 0 Å². The number of methoxy groups -OCH3 is 2. The minimum absolute atomic E-state index is 0.307. The third-order valence-electron chi connectivity index (χ3n) is 5.50. The number of aliphatic carboxylic acids is 1. The van der Waals surface area contributed by atoms with Gasteiger partial charge in [-0.15, -0.1) is 11.3 Å². The molecule has 0 spiro atoms.